The van der Waals surface area contributed by atoms with Crippen LogP contribution < -0.4 is 10.2 Å². The van der Waals surface area contributed by atoms with Gasteiger partial charge in [-0.15, -0.1) is 0 Å². The van der Waals surface area contributed by atoms with Crippen molar-refractivity contribution in [2.75, 3.05) is 31.6 Å². The number of rotatable bonds is 3. The molecule has 0 aromatic carbocycles. The maximum Gasteiger partial charge on any atom is 0.282 e. The quantitative estimate of drug-likeness (QED) is 0.760. The lowest BCUT2D eigenvalue weighted by atomic mass is 10.2. The summed E-state index contributed by atoms with van der Waals surface area (Å²) in [5.41, 5.74) is 2.68. The molecule has 6 heteroatoms. The Kier molecular flexibility index (Phi) is 4.21. The summed E-state index contributed by atoms with van der Waals surface area (Å²) in [4.78, 5) is 13.6. The molecule has 19 heavy (non-hydrogen) atoms. The second-order valence-electron chi connectivity index (χ2n) is 5.15. The number of morpholine rings is 1. The van der Waals surface area contributed by atoms with E-state index in [9.17, 15) is 4.79 Å². The summed E-state index contributed by atoms with van der Waals surface area (Å²) in [6, 6.07) is -0.0668. The van der Waals surface area contributed by atoms with E-state index in [1.807, 2.05) is 27.8 Å². The van der Waals surface area contributed by atoms with Crippen molar-refractivity contribution in [1.29, 1.82) is 0 Å². The Morgan fingerprint density at radius 1 is 1.42 bits per heavy atom. The van der Waals surface area contributed by atoms with Crippen molar-refractivity contribution in [1.82, 2.24) is 9.78 Å². The van der Waals surface area contributed by atoms with Crippen LogP contribution in [0.1, 0.15) is 18.3 Å². The molecule has 0 unspecified atom stereocenters. The van der Waals surface area contributed by atoms with Crippen LogP contribution in [0.15, 0.2) is 0 Å². The van der Waals surface area contributed by atoms with Gasteiger partial charge in [-0.1, -0.05) is 0 Å². The first-order valence-electron chi connectivity index (χ1n) is 6.74. The van der Waals surface area contributed by atoms with E-state index >= 15 is 0 Å². The Labute approximate surface area is 113 Å². The van der Waals surface area contributed by atoms with Gasteiger partial charge in [-0.2, -0.15) is 5.10 Å². The molecule has 0 saturated carbocycles. The van der Waals surface area contributed by atoms with Gasteiger partial charge in [0.2, 0.25) is 0 Å². The zero-order valence-electron chi connectivity index (χ0n) is 12.1. The van der Waals surface area contributed by atoms with Crippen LogP contribution in [0.5, 0.6) is 0 Å². The van der Waals surface area contributed by atoms with Gasteiger partial charge in [0.25, 0.3) is 5.91 Å². The molecule has 0 aliphatic carbocycles. The van der Waals surface area contributed by atoms with Crippen LogP contribution >= 0.6 is 0 Å². The lowest BCUT2D eigenvalue weighted by Crippen LogP contribution is -3.18. The maximum absolute atomic E-state index is 12.3. The molecule has 1 aliphatic heterocycles. The number of hydrogen-bond acceptors (Lipinski definition) is 3. The van der Waals surface area contributed by atoms with Crippen molar-refractivity contribution in [3.63, 3.8) is 0 Å². The highest BCUT2D eigenvalue weighted by molar-refractivity contribution is 5.94. The van der Waals surface area contributed by atoms with Crippen LogP contribution in [0.25, 0.3) is 0 Å². The highest BCUT2D eigenvalue weighted by Crippen LogP contribution is 2.18. The van der Waals surface area contributed by atoms with Crippen molar-refractivity contribution < 1.29 is 14.4 Å². The number of aryl methyl sites for hydroxylation is 2. The zero-order chi connectivity index (χ0) is 14.0. The van der Waals surface area contributed by atoms with Gasteiger partial charge < -0.3 is 15.0 Å². The van der Waals surface area contributed by atoms with Gasteiger partial charge >= 0.3 is 0 Å². The number of amides is 1. The average Bonchev–Trinajstić information content (AvgIpc) is 2.65. The molecule has 2 heterocycles. The molecule has 6 nitrogen and oxygen atoms in total. The fourth-order valence-electron chi connectivity index (χ4n) is 2.44. The van der Waals surface area contributed by atoms with E-state index in [0.29, 0.717) is 0 Å². The summed E-state index contributed by atoms with van der Waals surface area (Å²) in [6.07, 6.45) is 0. The summed E-state index contributed by atoms with van der Waals surface area (Å²) in [5, 5.41) is 7.32. The molecule has 0 spiro atoms. The maximum atomic E-state index is 12.3. The zero-order valence-corrected chi connectivity index (χ0v) is 12.1. The molecule has 2 rings (SSSR count). The van der Waals surface area contributed by atoms with Gasteiger partial charge in [0.15, 0.2) is 6.04 Å². The first-order chi connectivity index (χ1) is 9.00. The van der Waals surface area contributed by atoms with E-state index in [4.69, 9.17) is 4.74 Å². The van der Waals surface area contributed by atoms with E-state index in [-0.39, 0.29) is 11.9 Å². The number of nitrogens with zero attached hydrogens (tertiary/aromatic N) is 2. The largest absolute Gasteiger partial charge is 0.370 e. The van der Waals surface area contributed by atoms with Gasteiger partial charge in [0.1, 0.15) is 13.1 Å². The number of ether oxygens (including phenoxy) is 1. The van der Waals surface area contributed by atoms with Gasteiger partial charge in [0.05, 0.1) is 30.3 Å². The molecule has 0 radical (unpaired) electrons. The number of carbonyl (C=O) groups excluding carboxylic acids is 1. The monoisotopic (exact) mass is 267 g/mol. The molecule has 1 fully saturated rings. The Bertz CT molecular complexity index is 463. The van der Waals surface area contributed by atoms with Crippen molar-refractivity contribution in [3.8, 4) is 0 Å². The van der Waals surface area contributed by atoms with Crippen molar-refractivity contribution in [2.24, 2.45) is 7.05 Å². The second kappa shape index (κ2) is 5.71. The van der Waals surface area contributed by atoms with E-state index in [0.717, 1.165) is 43.4 Å². The molecule has 1 aromatic rings. The first kappa shape index (κ1) is 14.0. The van der Waals surface area contributed by atoms with Crippen LogP contribution in [0.2, 0.25) is 0 Å². The number of carbonyl (C=O) groups is 1. The first-order valence-corrected chi connectivity index (χ1v) is 6.74. The SMILES string of the molecule is Cc1nn(C)c(C)c1NC(=O)[C@H](C)[NH+]1CCOCC1. The van der Waals surface area contributed by atoms with Crippen LogP contribution in [-0.2, 0) is 16.6 Å². The average molecular weight is 267 g/mol. The number of aromatic nitrogens is 2. The van der Waals surface area contributed by atoms with Crippen LogP contribution in [0.4, 0.5) is 5.69 Å². The molecule has 0 bridgehead atoms. The Hall–Kier alpha value is -1.40. The normalized spacial score (nSPS) is 18.3. The topological polar surface area (TPSA) is 60.6 Å². The Balaban J connectivity index is 2.03. The smallest absolute Gasteiger partial charge is 0.282 e. The van der Waals surface area contributed by atoms with Gasteiger partial charge in [-0.05, 0) is 20.8 Å². The number of quaternary nitrogens is 1. The summed E-state index contributed by atoms with van der Waals surface area (Å²) in [5.74, 6) is 0.0519. The third-order valence-electron chi connectivity index (χ3n) is 3.90. The van der Waals surface area contributed by atoms with Crippen LogP contribution in [-0.4, -0.2) is 48.0 Å². The minimum absolute atomic E-state index is 0.0519. The van der Waals surface area contributed by atoms with E-state index in [1.165, 1.54) is 4.90 Å². The fourth-order valence-corrected chi connectivity index (χ4v) is 2.44. The Morgan fingerprint density at radius 2 is 2.05 bits per heavy atom. The van der Waals surface area contributed by atoms with E-state index in [1.54, 1.807) is 4.68 Å². The number of anilines is 1. The predicted molar refractivity (Wildman–Crippen MR) is 72.3 cm³/mol. The molecule has 1 saturated heterocycles. The molecule has 1 atom stereocenters. The minimum Gasteiger partial charge on any atom is -0.370 e. The van der Waals surface area contributed by atoms with Crippen molar-refractivity contribution in [3.05, 3.63) is 11.4 Å². The number of nitrogens with one attached hydrogen (secondary N) is 2. The van der Waals surface area contributed by atoms with Gasteiger partial charge in [0, 0.05) is 7.05 Å². The second-order valence-corrected chi connectivity index (χ2v) is 5.15. The third-order valence-corrected chi connectivity index (χ3v) is 3.90. The molecule has 2 N–H and O–H groups in total. The van der Waals surface area contributed by atoms with E-state index < -0.39 is 0 Å². The predicted octanol–water partition coefficient (Wildman–Crippen LogP) is -0.721. The van der Waals surface area contributed by atoms with Gasteiger partial charge in [-0.3, -0.25) is 9.48 Å². The van der Waals surface area contributed by atoms with Gasteiger partial charge in [-0.25, -0.2) is 0 Å². The lowest BCUT2D eigenvalue weighted by Gasteiger charge is -2.28. The summed E-state index contributed by atoms with van der Waals surface area (Å²) in [6.45, 7) is 9.09. The highest BCUT2D eigenvalue weighted by atomic mass is 16.5. The molecule has 1 aliphatic rings. The molecular weight excluding hydrogens is 244 g/mol. The summed E-state index contributed by atoms with van der Waals surface area (Å²) >= 11 is 0. The molecular formula is C13H23N4O2+. The van der Waals surface area contributed by atoms with Crippen molar-refractivity contribution in [2.45, 2.75) is 26.8 Å². The Morgan fingerprint density at radius 3 is 2.58 bits per heavy atom. The number of hydrogen-bond donors (Lipinski definition) is 2. The summed E-state index contributed by atoms with van der Waals surface area (Å²) < 4.78 is 7.11. The molecule has 1 aromatic heterocycles. The lowest BCUT2D eigenvalue weighted by molar-refractivity contribution is -0.921. The molecule has 106 valence electrons. The third kappa shape index (κ3) is 2.96. The van der Waals surface area contributed by atoms with E-state index in [2.05, 4.69) is 10.4 Å². The molecule has 1 amide bonds. The summed E-state index contributed by atoms with van der Waals surface area (Å²) in [7, 11) is 1.88. The van der Waals surface area contributed by atoms with Crippen LogP contribution in [0.3, 0.4) is 0 Å². The highest BCUT2D eigenvalue weighted by Gasteiger charge is 2.28. The standard InChI is InChI=1S/C13H22N4O2/c1-9-12(10(2)16(4)15-9)14-13(18)11(3)17-5-7-19-8-6-17/h11H,5-8H2,1-4H3,(H,14,18)/p+1/t11-/m0/s1. The van der Waals surface area contributed by atoms with Crippen molar-refractivity contribution >= 4 is 11.6 Å². The fraction of sp³-hybridized carbons (Fsp3) is 0.692. The minimum atomic E-state index is -0.0668. The van der Waals surface area contributed by atoms with Crippen LogP contribution in [0, 0.1) is 13.8 Å².